The zero-order chi connectivity index (χ0) is 48.8. The van der Waals surface area contributed by atoms with Gasteiger partial charge in [-0.05, 0) is 37.5 Å². The number of pyridine rings is 2. The van der Waals surface area contributed by atoms with Crippen molar-refractivity contribution in [1.29, 1.82) is 0 Å². The number of allylic oxidation sites excluding steroid dienone is 1. The monoisotopic (exact) mass is 975 g/mol. The Morgan fingerprint density at radius 1 is 0.754 bits per heavy atom. The fourth-order valence-corrected chi connectivity index (χ4v) is 12.8. The van der Waals surface area contributed by atoms with Crippen LogP contribution in [0.5, 0.6) is 0 Å². The van der Waals surface area contributed by atoms with E-state index in [0.29, 0.717) is 38.0 Å². The van der Waals surface area contributed by atoms with Gasteiger partial charge >= 0.3 is 0 Å². The number of aliphatic hydroxyl groups is 1. The number of amides is 4. The molecule has 6 aromatic rings. The molecule has 0 unspecified atom stereocenters. The second-order valence-corrected chi connectivity index (χ2v) is 20.0. The number of hydrogen-bond donors (Lipinski definition) is 3. The molecule has 0 aliphatic carbocycles. The minimum atomic E-state index is -1.47. The maximum Gasteiger partial charge on any atom is 0.283 e. The van der Waals surface area contributed by atoms with Crippen molar-refractivity contribution < 1.29 is 52.9 Å². The molecule has 0 bridgehead atoms. The van der Waals surface area contributed by atoms with E-state index in [0.717, 1.165) is 15.4 Å². The number of carbonyl (C=O) groups is 7. The van der Waals surface area contributed by atoms with E-state index in [2.05, 4.69) is 30.7 Å². The van der Waals surface area contributed by atoms with E-state index in [-0.39, 0.29) is 73.2 Å². The number of rotatable bonds is 13. The normalized spacial score (nSPS) is 22.0. The standard InChI is InChI=1S/C24H25N5O3S.C23H21N5O6S.CH4/c1-12(2)18-21-13(3)19(14(4)29(21)23(18)32)16-9-28-11-26-20(24(28)33-16)22(31)15-6-5-7-27(8-15)10-17(25)30;1-10-15(19(23(33)34)28-18(10)16(11(2)29)21(28)32)13-7-27-9-25-17(22(27)35-13)20(31)12-4-3-5-26(6-12)8-14(24)30;/h5-9,11-13,18,21H,10H2,1-4H3,(H-,25,30);3-7,9-11,16,18,29H,8H2,1-2H3,(H2-,24,30,33,34);1H4/p+1/t13-,18+,21+;10-,11+,16+,18+;/m00./s1. The first-order valence-corrected chi connectivity index (χ1v) is 23.5. The lowest BCUT2D eigenvalue weighted by atomic mass is 9.74. The molecule has 358 valence electrons. The van der Waals surface area contributed by atoms with E-state index in [1.165, 1.54) is 57.2 Å². The number of nitrogens with zero attached hydrogens (tertiary/aromatic N) is 8. The second-order valence-electron chi connectivity index (χ2n) is 18.0. The molecule has 2 fully saturated rings. The molecular formula is C48H51N10O9S2+. The molecule has 7 atom stereocenters. The van der Waals surface area contributed by atoms with Crippen LogP contribution in [-0.4, -0.2) is 93.0 Å². The summed E-state index contributed by atoms with van der Waals surface area (Å²) in [6, 6.07) is 6.37. The van der Waals surface area contributed by atoms with Crippen LogP contribution in [0, 0.1) is 29.6 Å². The number of hydrogen-bond acceptors (Lipinski definition) is 13. The number of ketones is 2. The van der Waals surface area contributed by atoms with Crippen LogP contribution >= 0.6 is 22.7 Å². The Bertz CT molecular complexity index is 3230. The summed E-state index contributed by atoms with van der Waals surface area (Å²) in [6.45, 7) is 11.7. The van der Waals surface area contributed by atoms with Crippen molar-refractivity contribution in [1.82, 2.24) is 28.6 Å². The van der Waals surface area contributed by atoms with Crippen molar-refractivity contribution in [2.24, 2.45) is 41.1 Å². The van der Waals surface area contributed by atoms with Gasteiger partial charge in [-0.25, -0.2) is 9.97 Å². The molecule has 2 saturated heterocycles. The van der Waals surface area contributed by atoms with Crippen LogP contribution in [0.15, 0.2) is 85.5 Å². The first kappa shape index (κ1) is 48.2. The van der Waals surface area contributed by atoms with E-state index < -0.39 is 41.8 Å². The lowest BCUT2D eigenvalue weighted by Crippen LogP contribution is -2.64. The number of fused-ring (bicyclic) bond motifs is 4. The van der Waals surface area contributed by atoms with Gasteiger partial charge in [0, 0.05) is 47.6 Å². The van der Waals surface area contributed by atoms with Crippen LogP contribution in [0.2, 0.25) is 0 Å². The molecule has 0 aromatic carbocycles. The fraction of sp³-hybridized carbons (Fsp3) is 0.354. The summed E-state index contributed by atoms with van der Waals surface area (Å²) in [6.07, 6.45) is 12.3. The van der Waals surface area contributed by atoms with Crippen molar-refractivity contribution in [3.8, 4) is 0 Å². The Labute approximate surface area is 403 Å². The predicted molar refractivity (Wildman–Crippen MR) is 249 cm³/mol. The lowest BCUT2D eigenvalue weighted by molar-refractivity contribution is -0.684. The molecule has 19 nitrogen and oxygen atoms in total. The maximum absolute atomic E-state index is 13.2. The number of thiazole rings is 2. The van der Waals surface area contributed by atoms with Crippen LogP contribution in [0.3, 0.4) is 0 Å². The molecule has 21 heteroatoms. The van der Waals surface area contributed by atoms with Crippen molar-refractivity contribution in [2.75, 3.05) is 0 Å². The number of carboxylic acid groups (broad SMARTS) is 1. The van der Waals surface area contributed by atoms with E-state index in [9.17, 15) is 43.8 Å². The fourth-order valence-electron chi connectivity index (χ4n) is 10.4. The first-order chi connectivity index (χ1) is 32.3. The van der Waals surface area contributed by atoms with E-state index in [4.69, 9.17) is 11.5 Å². The third kappa shape index (κ3) is 7.92. The smallest absolute Gasteiger partial charge is 0.283 e. The quantitative estimate of drug-likeness (QED) is 0.0851. The largest absolute Gasteiger partial charge is 0.543 e. The minimum Gasteiger partial charge on any atom is -0.543 e. The number of carboxylic acids is 1. The number of carbonyl (C=O) groups excluding carboxylic acids is 7. The third-order valence-electron chi connectivity index (χ3n) is 13.3. The highest BCUT2D eigenvalue weighted by atomic mass is 32.1. The first-order valence-electron chi connectivity index (χ1n) is 21.9. The van der Waals surface area contributed by atoms with Gasteiger partial charge in [0.05, 0.1) is 62.6 Å². The van der Waals surface area contributed by atoms with Gasteiger partial charge in [-0.2, -0.15) is 9.13 Å². The number of nitrogens with two attached hydrogens (primary N) is 2. The number of aliphatic carboxylic acids is 1. The van der Waals surface area contributed by atoms with Crippen LogP contribution in [0.4, 0.5) is 0 Å². The molecule has 69 heavy (non-hydrogen) atoms. The molecule has 0 spiro atoms. The van der Waals surface area contributed by atoms with Gasteiger partial charge in [0.25, 0.3) is 11.8 Å². The van der Waals surface area contributed by atoms with E-state index in [1.807, 2.05) is 29.3 Å². The summed E-state index contributed by atoms with van der Waals surface area (Å²) in [7, 11) is 0. The van der Waals surface area contributed by atoms with Crippen LogP contribution in [-0.2, 0) is 37.1 Å². The summed E-state index contributed by atoms with van der Waals surface area (Å²) >= 11 is 2.70. The number of primary amides is 2. The Morgan fingerprint density at radius 2 is 1.20 bits per heavy atom. The van der Waals surface area contributed by atoms with Gasteiger partial charge in [0.15, 0.2) is 24.8 Å². The summed E-state index contributed by atoms with van der Waals surface area (Å²) in [4.78, 5) is 101. The SMILES string of the molecule is C.CC1=C(c2cn3cnc(C(=O)c4ccc[n+](CC(N)=O)c4)c3s2)[C@H](C)[C@@H]2[C@@H](C(C)C)C(=O)N12.C[C@@H](O)[C@H]1C(=O)N2C(C(=O)[O-])=C(c3cn4cnc(C(=O)c5ccc[n+](CC(N)=O)c5)c4s3)[C@H](C)[C@H]12. The van der Waals surface area contributed by atoms with Crippen molar-refractivity contribution >= 4 is 84.6 Å². The Morgan fingerprint density at radius 3 is 1.65 bits per heavy atom. The van der Waals surface area contributed by atoms with Crippen LogP contribution < -0.4 is 25.7 Å². The molecule has 10 heterocycles. The highest BCUT2D eigenvalue weighted by molar-refractivity contribution is 7.19. The Kier molecular flexibility index (Phi) is 12.6. The van der Waals surface area contributed by atoms with Crippen LogP contribution in [0.1, 0.15) is 90.8 Å². The Hall–Kier alpha value is -7.23. The van der Waals surface area contributed by atoms with Crippen molar-refractivity contribution in [3.63, 3.8) is 0 Å². The molecule has 4 aliphatic rings. The van der Waals surface area contributed by atoms with Gasteiger partial charge in [-0.1, -0.05) is 35.1 Å². The van der Waals surface area contributed by atoms with Crippen molar-refractivity contribution in [3.05, 3.63) is 118 Å². The predicted octanol–water partition coefficient (Wildman–Crippen LogP) is 1.62. The Balaban J connectivity index is 0.000000184. The molecule has 0 saturated carbocycles. The number of aromatic nitrogens is 6. The molecule has 4 amide bonds. The van der Waals surface area contributed by atoms with E-state index in [1.54, 1.807) is 64.3 Å². The van der Waals surface area contributed by atoms with Gasteiger partial charge < -0.3 is 36.3 Å². The summed E-state index contributed by atoms with van der Waals surface area (Å²) < 4.78 is 6.59. The molecular weight excluding hydrogens is 925 g/mol. The minimum absolute atomic E-state index is 0. The van der Waals surface area contributed by atoms with Gasteiger partial charge in [-0.3, -0.25) is 37.6 Å². The molecule has 5 N–H and O–H groups in total. The number of imidazole rings is 2. The maximum atomic E-state index is 13.2. The molecule has 0 radical (unpaired) electrons. The lowest BCUT2D eigenvalue weighted by Gasteiger charge is -2.47. The molecule has 4 aliphatic heterocycles. The summed E-state index contributed by atoms with van der Waals surface area (Å²) in [5, 5.41) is 22.1. The average Bonchev–Trinajstić information content (AvgIpc) is 4.10. The van der Waals surface area contributed by atoms with Crippen LogP contribution in [0.25, 0.3) is 20.8 Å². The van der Waals surface area contributed by atoms with Gasteiger partial charge in [0.2, 0.25) is 36.5 Å². The second kappa shape index (κ2) is 18.0. The van der Waals surface area contributed by atoms with Crippen molar-refractivity contribution in [2.45, 2.75) is 80.2 Å². The van der Waals surface area contributed by atoms with Gasteiger partial charge in [0.1, 0.15) is 33.7 Å². The summed E-state index contributed by atoms with van der Waals surface area (Å²) in [5.41, 5.74) is 14.2. The molecule has 6 aromatic heterocycles. The highest BCUT2D eigenvalue weighted by Gasteiger charge is 2.59. The third-order valence-corrected chi connectivity index (χ3v) is 15.6. The van der Waals surface area contributed by atoms with E-state index >= 15 is 0 Å². The zero-order valence-electron chi connectivity index (χ0n) is 37.7. The van der Waals surface area contributed by atoms with Gasteiger partial charge in [-0.15, -0.1) is 22.7 Å². The average molecular weight is 976 g/mol. The zero-order valence-corrected chi connectivity index (χ0v) is 39.4. The molecule has 10 rings (SSSR count). The topological polar surface area (TPSA) is 264 Å². The summed E-state index contributed by atoms with van der Waals surface area (Å²) in [5.74, 6) is -3.77. The number of aliphatic hydroxyl groups excluding tert-OH is 1. The highest BCUT2D eigenvalue weighted by Crippen LogP contribution is 2.53. The number of β-lactam (4-membered cyclic amide) rings is 2.